The first kappa shape index (κ1) is 22.7. The van der Waals surface area contributed by atoms with Crippen LogP contribution in [0, 0.1) is 12.7 Å². The number of amides is 2. The summed E-state index contributed by atoms with van der Waals surface area (Å²) in [7, 11) is 1.57. The topological polar surface area (TPSA) is 78.1 Å². The van der Waals surface area contributed by atoms with Gasteiger partial charge in [-0.15, -0.1) is 0 Å². The molecule has 1 aliphatic heterocycles. The van der Waals surface area contributed by atoms with Crippen LogP contribution in [-0.2, 0) is 4.79 Å². The minimum absolute atomic E-state index is 0.112. The number of piperidine rings is 1. The van der Waals surface area contributed by atoms with E-state index in [2.05, 4.69) is 10.3 Å². The van der Waals surface area contributed by atoms with Crippen molar-refractivity contribution in [1.82, 2.24) is 20.2 Å². The van der Waals surface area contributed by atoms with E-state index in [0.29, 0.717) is 30.0 Å². The highest BCUT2D eigenvalue weighted by atomic mass is 19.1. The fourth-order valence-corrected chi connectivity index (χ4v) is 4.34. The zero-order chi connectivity index (χ0) is 23.5. The number of likely N-dealkylation sites (tertiary alicyclic amines) is 1. The van der Waals surface area contributed by atoms with E-state index in [0.717, 1.165) is 24.2 Å². The van der Waals surface area contributed by atoms with Gasteiger partial charge in [-0.3, -0.25) is 9.59 Å². The molecule has 7 heteroatoms. The molecule has 1 atom stereocenters. The molecule has 1 saturated heterocycles. The molecular formula is C26H29FN4O2. The second-order valence-corrected chi connectivity index (χ2v) is 8.66. The summed E-state index contributed by atoms with van der Waals surface area (Å²) in [6.07, 6.45) is 1.52. The average Bonchev–Trinajstić information content (AvgIpc) is 3.29. The Labute approximate surface area is 193 Å². The van der Waals surface area contributed by atoms with Gasteiger partial charge in [0.25, 0.3) is 5.91 Å². The molecule has 1 fully saturated rings. The largest absolute Gasteiger partial charge is 0.354 e. The number of halogens is 1. The molecular weight excluding hydrogens is 419 g/mol. The van der Waals surface area contributed by atoms with Crippen molar-refractivity contribution < 1.29 is 14.0 Å². The normalized spacial score (nSPS) is 15.3. The highest BCUT2D eigenvalue weighted by Crippen LogP contribution is 2.31. The predicted octanol–water partition coefficient (Wildman–Crippen LogP) is 4.39. The molecule has 1 aromatic heterocycles. The maximum Gasteiger partial charge on any atom is 0.269 e. The number of aromatic nitrogens is 2. The smallest absolute Gasteiger partial charge is 0.269 e. The zero-order valence-electron chi connectivity index (χ0n) is 19.2. The minimum Gasteiger partial charge on any atom is -0.354 e. The number of nitrogens with one attached hydrogen (secondary N) is 2. The van der Waals surface area contributed by atoms with Crippen LogP contribution in [0.2, 0.25) is 0 Å². The van der Waals surface area contributed by atoms with Gasteiger partial charge in [-0.05, 0) is 56.5 Å². The number of imidazole rings is 1. The Balaban J connectivity index is 1.48. The van der Waals surface area contributed by atoms with Crippen LogP contribution in [0.25, 0.3) is 11.3 Å². The standard InChI is InChI=1S/C26H29FN4O2/c1-16-4-6-18(7-5-16)17(2)26(33)31-14-12-20(13-15-31)24-29-22(23(30-24)25(32)28-3)19-8-10-21(27)11-9-19/h4-11,17,20H,12-15H2,1-3H3,(H,28,32)(H,29,30)/t17-/m1/s1. The Morgan fingerprint density at radius 3 is 2.33 bits per heavy atom. The zero-order valence-corrected chi connectivity index (χ0v) is 19.2. The summed E-state index contributed by atoms with van der Waals surface area (Å²) in [5, 5.41) is 2.64. The Morgan fingerprint density at radius 1 is 1.09 bits per heavy atom. The minimum atomic E-state index is -0.340. The highest BCUT2D eigenvalue weighted by molar-refractivity contribution is 5.98. The molecule has 0 spiro atoms. The van der Waals surface area contributed by atoms with Crippen LogP contribution in [0.4, 0.5) is 4.39 Å². The summed E-state index contributed by atoms with van der Waals surface area (Å²) < 4.78 is 13.4. The van der Waals surface area contributed by atoms with Gasteiger partial charge in [0.15, 0.2) is 0 Å². The first-order valence-electron chi connectivity index (χ1n) is 11.3. The lowest BCUT2D eigenvalue weighted by molar-refractivity contribution is -0.133. The SMILES string of the molecule is CNC(=O)c1[nH]c(C2CCN(C(=O)[C@H](C)c3ccc(C)cc3)CC2)nc1-c1ccc(F)cc1. The number of hydrogen-bond acceptors (Lipinski definition) is 3. The average molecular weight is 449 g/mol. The van der Waals surface area contributed by atoms with Gasteiger partial charge in [0, 0.05) is 31.6 Å². The van der Waals surface area contributed by atoms with Crippen molar-refractivity contribution in [3.05, 3.63) is 77.0 Å². The number of benzene rings is 2. The Bertz CT molecular complexity index is 1130. The van der Waals surface area contributed by atoms with Gasteiger partial charge in [-0.25, -0.2) is 9.37 Å². The molecule has 1 aliphatic rings. The van der Waals surface area contributed by atoms with Crippen LogP contribution >= 0.6 is 0 Å². The van der Waals surface area contributed by atoms with E-state index in [1.807, 2.05) is 43.0 Å². The molecule has 4 rings (SSSR count). The van der Waals surface area contributed by atoms with Crippen molar-refractivity contribution >= 4 is 11.8 Å². The summed E-state index contributed by atoms with van der Waals surface area (Å²) >= 11 is 0. The molecule has 2 N–H and O–H groups in total. The number of aromatic amines is 1. The van der Waals surface area contributed by atoms with E-state index in [-0.39, 0.29) is 29.5 Å². The quantitative estimate of drug-likeness (QED) is 0.608. The molecule has 33 heavy (non-hydrogen) atoms. The van der Waals surface area contributed by atoms with Crippen molar-refractivity contribution in [1.29, 1.82) is 0 Å². The number of carbonyl (C=O) groups excluding carboxylic acids is 2. The van der Waals surface area contributed by atoms with Crippen molar-refractivity contribution in [2.45, 2.75) is 38.5 Å². The first-order chi connectivity index (χ1) is 15.9. The van der Waals surface area contributed by atoms with E-state index in [9.17, 15) is 14.0 Å². The van der Waals surface area contributed by atoms with Crippen LogP contribution in [0.5, 0.6) is 0 Å². The maximum atomic E-state index is 13.4. The molecule has 2 heterocycles. The number of nitrogens with zero attached hydrogens (tertiary/aromatic N) is 2. The van der Waals surface area contributed by atoms with E-state index in [1.54, 1.807) is 19.2 Å². The van der Waals surface area contributed by atoms with E-state index in [4.69, 9.17) is 4.98 Å². The number of H-pyrrole nitrogens is 1. The van der Waals surface area contributed by atoms with Gasteiger partial charge in [0.2, 0.25) is 5.91 Å². The van der Waals surface area contributed by atoms with Crippen molar-refractivity contribution in [2.24, 2.45) is 0 Å². The van der Waals surface area contributed by atoms with Crippen LogP contribution in [0.3, 0.4) is 0 Å². The monoisotopic (exact) mass is 448 g/mol. The number of rotatable bonds is 5. The molecule has 0 radical (unpaired) electrons. The number of hydrogen-bond donors (Lipinski definition) is 2. The molecule has 0 bridgehead atoms. The van der Waals surface area contributed by atoms with E-state index in [1.165, 1.54) is 17.7 Å². The fourth-order valence-electron chi connectivity index (χ4n) is 4.34. The van der Waals surface area contributed by atoms with Crippen LogP contribution < -0.4 is 5.32 Å². The molecule has 0 aliphatic carbocycles. The van der Waals surface area contributed by atoms with Crippen molar-refractivity contribution in [3.63, 3.8) is 0 Å². The Hall–Kier alpha value is -3.48. The lowest BCUT2D eigenvalue weighted by atomic mass is 9.93. The molecule has 2 aromatic carbocycles. The molecule has 0 unspecified atom stereocenters. The Morgan fingerprint density at radius 2 is 1.73 bits per heavy atom. The van der Waals surface area contributed by atoms with Gasteiger partial charge in [0.1, 0.15) is 23.0 Å². The highest BCUT2D eigenvalue weighted by Gasteiger charge is 2.30. The second-order valence-electron chi connectivity index (χ2n) is 8.66. The second kappa shape index (κ2) is 9.57. The van der Waals surface area contributed by atoms with Gasteiger partial charge in [-0.1, -0.05) is 29.8 Å². The summed E-state index contributed by atoms with van der Waals surface area (Å²) in [5.74, 6) is 0.180. The molecule has 2 amide bonds. The van der Waals surface area contributed by atoms with E-state index >= 15 is 0 Å². The van der Waals surface area contributed by atoms with Gasteiger partial charge in [0.05, 0.1) is 5.92 Å². The number of carbonyl (C=O) groups is 2. The van der Waals surface area contributed by atoms with Crippen LogP contribution in [0.15, 0.2) is 48.5 Å². The molecule has 0 saturated carbocycles. The van der Waals surface area contributed by atoms with E-state index < -0.39 is 0 Å². The lowest BCUT2D eigenvalue weighted by Gasteiger charge is -2.33. The van der Waals surface area contributed by atoms with Crippen LogP contribution in [-0.4, -0.2) is 46.8 Å². The Kier molecular flexibility index (Phi) is 6.58. The lowest BCUT2D eigenvalue weighted by Crippen LogP contribution is -2.40. The van der Waals surface area contributed by atoms with Gasteiger partial charge in [-0.2, -0.15) is 0 Å². The fraction of sp³-hybridized carbons (Fsp3) is 0.346. The van der Waals surface area contributed by atoms with Gasteiger partial charge >= 0.3 is 0 Å². The van der Waals surface area contributed by atoms with Gasteiger partial charge < -0.3 is 15.2 Å². The summed E-state index contributed by atoms with van der Waals surface area (Å²) in [6.45, 7) is 5.27. The summed E-state index contributed by atoms with van der Waals surface area (Å²) in [4.78, 5) is 35.3. The first-order valence-corrected chi connectivity index (χ1v) is 11.3. The summed E-state index contributed by atoms with van der Waals surface area (Å²) in [6, 6.07) is 14.1. The third-order valence-corrected chi connectivity index (χ3v) is 6.44. The third kappa shape index (κ3) is 4.82. The molecule has 172 valence electrons. The summed E-state index contributed by atoms with van der Waals surface area (Å²) in [5.41, 5.74) is 3.75. The third-order valence-electron chi connectivity index (χ3n) is 6.44. The number of aryl methyl sites for hydroxylation is 1. The maximum absolute atomic E-state index is 13.4. The van der Waals surface area contributed by atoms with Crippen molar-refractivity contribution in [3.8, 4) is 11.3 Å². The molecule has 6 nitrogen and oxygen atoms in total. The van der Waals surface area contributed by atoms with Crippen molar-refractivity contribution in [2.75, 3.05) is 20.1 Å². The van der Waals surface area contributed by atoms with Crippen LogP contribution in [0.1, 0.15) is 59.0 Å². The predicted molar refractivity (Wildman–Crippen MR) is 126 cm³/mol. The molecule has 3 aromatic rings.